The first-order valence-electron chi connectivity index (χ1n) is 12.5. The second-order valence-corrected chi connectivity index (χ2v) is 11.3. The second kappa shape index (κ2) is 10.5. The number of ether oxygens (including phenoxy) is 1. The Balaban J connectivity index is 1.34. The molecule has 1 aliphatic heterocycles. The number of carbonyl (C=O) groups excluding carboxylic acids is 3. The maximum Gasteiger partial charge on any atom is 0.335 e. The Bertz CT molecular complexity index is 1630. The molecular weight excluding hydrogens is 556 g/mol. The number of nitrogens with one attached hydrogen (secondary N) is 1. The zero-order valence-corrected chi connectivity index (χ0v) is 23.4. The average Bonchev–Trinajstić information content (AvgIpc) is 2.90. The van der Waals surface area contributed by atoms with Crippen molar-refractivity contribution in [2.45, 2.75) is 32.8 Å². The molecule has 1 fully saturated rings. The van der Waals surface area contributed by atoms with Crippen LogP contribution < -0.4 is 15.0 Å². The normalized spacial score (nSPS) is 15.1. The molecule has 7 heteroatoms. The molecule has 5 rings (SSSR count). The molecule has 0 spiro atoms. The van der Waals surface area contributed by atoms with E-state index in [1.54, 1.807) is 30.3 Å². The topological polar surface area (TPSA) is 75.7 Å². The minimum atomic E-state index is -0.774. The highest BCUT2D eigenvalue weighted by molar-refractivity contribution is 9.10. The molecule has 0 atom stereocenters. The van der Waals surface area contributed by atoms with Crippen molar-refractivity contribution in [2.75, 3.05) is 4.90 Å². The molecule has 0 aromatic heterocycles. The predicted molar refractivity (Wildman–Crippen MR) is 157 cm³/mol. The maximum absolute atomic E-state index is 13.3. The van der Waals surface area contributed by atoms with Crippen molar-refractivity contribution >= 4 is 56.3 Å². The summed E-state index contributed by atoms with van der Waals surface area (Å²) in [5.41, 5.74) is 2.89. The van der Waals surface area contributed by atoms with Gasteiger partial charge >= 0.3 is 6.03 Å². The van der Waals surface area contributed by atoms with Gasteiger partial charge in [-0.05, 0) is 85.2 Å². The highest BCUT2D eigenvalue weighted by Crippen LogP contribution is 2.30. The summed E-state index contributed by atoms with van der Waals surface area (Å²) in [6.45, 7) is 6.63. The Morgan fingerprint density at radius 3 is 2.28 bits per heavy atom. The summed E-state index contributed by atoms with van der Waals surface area (Å²) in [4.78, 5) is 39.4. The molecule has 1 aliphatic rings. The summed E-state index contributed by atoms with van der Waals surface area (Å²) in [5.74, 6) is -0.791. The van der Waals surface area contributed by atoms with Crippen LogP contribution in [0.25, 0.3) is 16.8 Å². The lowest BCUT2D eigenvalue weighted by Gasteiger charge is -2.27. The van der Waals surface area contributed by atoms with Gasteiger partial charge in [0.25, 0.3) is 11.8 Å². The largest absolute Gasteiger partial charge is 0.488 e. The number of nitrogens with zero attached hydrogens (tertiary/aromatic N) is 1. The van der Waals surface area contributed by atoms with Gasteiger partial charge in [0.2, 0.25) is 0 Å². The van der Waals surface area contributed by atoms with E-state index in [0.717, 1.165) is 21.4 Å². The minimum absolute atomic E-state index is 0.0769. The van der Waals surface area contributed by atoms with E-state index in [1.807, 2.05) is 30.3 Å². The number of hydrogen-bond acceptors (Lipinski definition) is 4. The zero-order valence-electron chi connectivity index (χ0n) is 21.8. The molecule has 4 aromatic carbocycles. The van der Waals surface area contributed by atoms with Crippen LogP contribution in [0.15, 0.2) is 95.0 Å². The van der Waals surface area contributed by atoms with Gasteiger partial charge in [0.15, 0.2) is 0 Å². The van der Waals surface area contributed by atoms with Crippen LogP contribution in [-0.4, -0.2) is 17.8 Å². The summed E-state index contributed by atoms with van der Waals surface area (Å²) in [5, 5.41) is 4.59. The first kappa shape index (κ1) is 26.4. The van der Waals surface area contributed by atoms with E-state index in [1.165, 1.54) is 11.5 Å². The number of urea groups is 1. The van der Waals surface area contributed by atoms with Crippen LogP contribution in [0.2, 0.25) is 0 Å². The number of halogens is 1. The maximum atomic E-state index is 13.3. The lowest BCUT2D eigenvalue weighted by Crippen LogP contribution is -2.54. The van der Waals surface area contributed by atoms with Gasteiger partial charge < -0.3 is 4.74 Å². The molecule has 0 radical (unpaired) electrons. The number of anilines is 1. The van der Waals surface area contributed by atoms with E-state index in [2.05, 4.69) is 66.3 Å². The SMILES string of the molecule is CC(C)(C)c1ccc(N2C(=O)NC(=O)/C(=C/c3ccc(OCc4ccc5ccccc5c4)c(Br)c3)C2=O)cc1. The highest BCUT2D eigenvalue weighted by Gasteiger charge is 2.37. The molecule has 1 heterocycles. The highest BCUT2D eigenvalue weighted by atomic mass is 79.9. The fraction of sp³-hybridized carbons (Fsp3) is 0.156. The van der Waals surface area contributed by atoms with Crippen molar-refractivity contribution in [3.63, 3.8) is 0 Å². The van der Waals surface area contributed by atoms with Crippen molar-refractivity contribution < 1.29 is 19.1 Å². The number of hydrogen-bond donors (Lipinski definition) is 1. The van der Waals surface area contributed by atoms with Crippen molar-refractivity contribution in [1.82, 2.24) is 5.32 Å². The summed E-state index contributed by atoms with van der Waals surface area (Å²) < 4.78 is 6.69. The average molecular weight is 583 g/mol. The number of imide groups is 2. The van der Waals surface area contributed by atoms with E-state index in [9.17, 15) is 14.4 Å². The molecule has 196 valence electrons. The molecule has 1 saturated heterocycles. The number of benzene rings is 4. The van der Waals surface area contributed by atoms with Crippen molar-refractivity contribution in [2.24, 2.45) is 0 Å². The Hall–Kier alpha value is -4.23. The van der Waals surface area contributed by atoms with Crippen molar-refractivity contribution in [3.8, 4) is 5.75 Å². The summed E-state index contributed by atoms with van der Waals surface area (Å²) in [6.07, 6.45) is 1.47. The number of carbonyl (C=O) groups is 3. The van der Waals surface area contributed by atoms with Crippen LogP contribution in [-0.2, 0) is 21.6 Å². The predicted octanol–water partition coefficient (Wildman–Crippen LogP) is 7.15. The van der Waals surface area contributed by atoms with E-state index in [4.69, 9.17) is 4.74 Å². The summed E-state index contributed by atoms with van der Waals surface area (Å²) in [7, 11) is 0. The molecule has 0 bridgehead atoms. The Morgan fingerprint density at radius 2 is 1.59 bits per heavy atom. The molecule has 6 nitrogen and oxygen atoms in total. The molecule has 39 heavy (non-hydrogen) atoms. The van der Waals surface area contributed by atoms with Crippen molar-refractivity contribution in [3.05, 3.63) is 112 Å². The van der Waals surface area contributed by atoms with E-state index in [-0.39, 0.29) is 11.0 Å². The third-order valence-electron chi connectivity index (χ3n) is 6.57. The van der Waals surface area contributed by atoms with Crippen LogP contribution in [0.3, 0.4) is 0 Å². The Labute approximate surface area is 235 Å². The molecule has 0 aliphatic carbocycles. The Kier molecular flexibility index (Phi) is 7.10. The summed E-state index contributed by atoms with van der Waals surface area (Å²) in [6, 6.07) is 26.1. The molecule has 0 unspecified atom stereocenters. The first-order valence-corrected chi connectivity index (χ1v) is 13.3. The van der Waals surface area contributed by atoms with Gasteiger partial charge in [-0.2, -0.15) is 0 Å². The minimum Gasteiger partial charge on any atom is -0.488 e. The van der Waals surface area contributed by atoms with Crippen molar-refractivity contribution in [1.29, 1.82) is 0 Å². The van der Waals surface area contributed by atoms with Crippen LogP contribution in [0.1, 0.15) is 37.5 Å². The summed E-state index contributed by atoms with van der Waals surface area (Å²) >= 11 is 3.53. The smallest absolute Gasteiger partial charge is 0.335 e. The second-order valence-electron chi connectivity index (χ2n) is 10.4. The number of fused-ring (bicyclic) bond motifs is 1. The van der Waals surface area contributed by atoms with Crippen LogP contribution >= 0.6 is 15.9 Å². The monoisotopic (exact) mass is 582 g/mol. The van der Waals surface area contributed by atoms with E-state index < -0.39 is 17.8 Å². The quantitative estimate of drug-likeness (QED) is 0.200. The zero-order chi connectivity index (χ0) is 27.7. The lowest BCUT2D eigenvalue weighted by atomic mass is 9.87. The number of amides is 4. The van der Waals surface area contributed by atoms with Gasteiger partial charge in [-0.15, -0.1) is 0 Å². The van der Waals surface area contributed by atoms with Gasteiger partial charge in [0.1, 0.15) is 17.9 Å². The van der Waals surface area contributed by atoms with Gasteiger partial charge in [-0.1, -0.05) is 75.4 Å². The van der Waals surface area contributed by atoms with E-state index >= 15 is 0 Å². The molecule has 4 aromatic rings. The molecular formula is C32H27BrN2O4. The van der Waals surface area contributed by atoms with Gasteiger partial charge in [0.05, 0.1) is 10.2 Å². The number of rotatable bonds is 5. The van der Waals surface area contributed by atoms with Gasteiger partial charge in [0, 0.05) is 0 Å². The Morgan fingerprint density at radius 1 is 0.872 bits per heavy atom. The third-order valence-corrected chi connectivity index (χ3v) is 7.19. The standard InChI is InChI=1S/C32H27BrN2O4/c1-32(2,3)24-11-13-25(14-12-24)35-30(37)26(29(36)34-31(35)38)17-20-9-15-28(27(33)18-20)39-19-21-8-10-22-6-4-5-7-23(22)16-21/h4-18H,19H2,1-3H3,(H,34,36,38)/b26-17-. The van der Waals surface area contributed by atoms with Crippen LogP contribution in [0.5, 0.6) is 5.75 Å². The van der Waals surface area contributed by atoms with Gasteiger partial charge in [-0.25, -0.2) is 9.69 Å². The third kappa shape index (κ3) is 5.64. The fourth-order valence-electron chi connectivity index (χ4n) is 4.38. The van der Waals surface area contributed by atoms with Crippen LogP contribution in [0.4, 0.5) is 10.5 Å². The lowest BCUT2D eigenvalue weighted by molar-refractivity contribution is -0.122. The first-order chi connectivity index (χ1) is 18.6. The molecule has 4 amide bonds. The van der Waals surface area contributed by atoms with E-state index in [0.29, 0.717) is 28.1 Å². The van der Waals surface area contributed by atoms with Gasteiger partial charge in [-0.3, -0.25) is 14.9 Å². The molecule has 1 N–H and O–H groups in total. The number of barbiturate groups is 1. The molecule has 0 saturated carbocycles. The van der Waals surface area contributed by atoms with Crippen LogP contribution in [0, 0.1) is 0 Å². The fourth-order valence-corrected chi connectivity index (χ4v) is 4.89.